The maximum absolute atomic E-state index is 6.66. The van der Waals surface area contributed by atoms with E-state index in [1.54, 1.807) is 0 Å². The molecule has 1 aliphatic heterocycles. The molecule has 3 aromatic rings. The fourth-order valence-electron chi connectivity index (χ4n) is 4.13. The summed E-state index contributed by atoms with van der Waals surface area (Å²) < 4.78 is 20.0. The molecule has 0 spiro atoms. The molecule has 33 heavy (non-hydrogen) atoms. The minimum Gasteiger partial charge on any atom is -0.368 e. The third-order valence-corrected chi connectivity index (χ3v) is 8.61. The van der Waals surface area contributed by atoms with Crippen molar-refractivity contribution in [1.29, 1.82) is 0 Å². The average Bonchev–Trinajstić information content (AvgIpc) is 3.15. The smallest absolute Gasteiger partial charge is 0.368 e. The van der Waals surface area contributed by atoms with E-state index < -0.39 is 8.80 Å². The van der Waals surface area contributed by atoms with Gasteiger partial charge in [-0.3, -0.25) is 4.90 Å². The van der Waals surface area contributed by atoms with Crippen molar-refractivity contribution in [2.24, 2.45) is 0 Å². The van der Waals surface area contributed by atoms with Crippen LogP contribution in [0, 0.1) is 0 Å². The third kappa shape index (κ3) is 7.91. The number of hydrogen-bond acceptors (Lipinski definition) is 4. The average molecular weight is 462 g/mol. The van der Waals surface area contributed by atoms with Crippen molar-refractivity contribution in [3.05, 3.63) is 108 Å². The van der Waals surface area contributed by atoms with Gasteiger partial charge in [-0.1, -0.05) is 104 Å². The monoisotopic (exact) mass is 461 g/mol. The topological polar surface area (TPSA) is 30.9 Å². The molecule has 0 radical (unpaired) electrons. The van der Waals surface area contributed by atoms with E-state index in [9.17, 15) is 0 Å². The van der Waals surface area contributed by atoms with Gasteiger partial charge in [0.25, 0.3) is 0 Å². The second-order valence-electron chi connectivity index (χ2n) is 8.70. The summed E-state index contributed by atoms with van der Waals surface area (Å²) in [5.41, 5.74) is 3.41. The maximum atomic E-state index is 6.66. The first-order valence-corrected chi connectivity index (χ1v) is 14.0. The first-order valence-electron chi connectivity index (χ1n) is 12.1. The molecule has 174 valence electrons. The Morgan fingerprint density at radius 3 is 1.24 bits per heavy atom. The summed E-state index contributed by atoms with van der Waals surface area (Å²) in [7, 11) is -3.03. The summed E-state index contributed by atoms with van der Waals surface area (Å²) in [4.78, 5) is 2.50. The molecule has 4 rings (SSSR count). The highest BCUT2D eigenvalue weighted by Gasteiger charge is 2.44. The molecule has 0 aliphatic carbocycles. The molecule has 4 nitrogen and oxygen atoms in total. The van der Waals surface area contributed by atoms with Crippen molar-refractivity contribution in [2.45, 2.75) is 45.5 Å². The van der Waals surface area contributed by atoms with Gasteiger partial charge in [-0.25, -0.2) is 0 Å². The minimum atomic E-state index is -3.03. The van der Waals surface area contributed by atoms with Crippen LogP contribution in [0.3, 0.4) is 0 Å². The van der Waals surface area contributed by atoms with Crippen LogP contribution in [-0.2, 0) is 33.1 Å². The van der Waals surface area contributed by atoms with Crippen LogP contribution in [0.25, 0.3) is 0 Å². The summed E-state index contributed by atoms with van der Waals surface area (Å²) in [6.07, 6.45) is 5.76. The highest BCUT2D eigenvalue weighted by atomic mass is 28.4. The van der Waals surface area contributed by atoms with Crippen LogP contribution in [0.15, 0.2) is 91.0 Å². The lowest BCUT2D eigenvalue weighted by atomic mass is 10.2. The summed E-state index contributed by atoms with van der Waals surface area (Å²) in [5.74, 6) is 0. The van der Waals surface area contributed by atoms with Crippen LogP contribution >= 0.6 is 0 Å². The van der Waals surface area contributed by atoms with Gasteiger partial charge in [0.2, 0.25) is 0 Å². The molecule has 0 bridgehead atoms. The van der Waals surface area contributed by atoms with Gasteiger partial charge in [0.1, 0.15) is 0 Å². The van der Waals surface area contributed by atoms with E-state index in [-0.39, 0.29) is 0 Å². The Hall–Kier alpha value is -2.28. The van der Waals surface area contributed by atoms with Crippen LogP contribution in [0.2, 0.25) is 0 Å². The zero-order valence-corrected chi connectivity index (χ0v) is 20.4. The quantitative estimate of drug-likeness (QED) is 0.328. The van der Waals surface area contributed by atoms with Gasteiger partial charge in [-0.2, -0.15) is 0 Å². The van der Waals surface area contributed by atoms with E-state index in [1.165, 1.54) is 25.7 Å². The fraction of sp³-hybridized carbons (Fsp3) is 0.357. The van der Waals surface area contributed by atoms with E-state index >= 15 is 0 Å². The Labute approximate surface area is 199 Å². The highest BCUT2D eigenvalue weighted by molar-refractivity contribution is 6.60. The van der Waals surface area contributed by atoms with E-state index in [0.717, 1.165) is 35.9 Å². The van der Waals surface area contributed by atoms with E-state index in [2.05, 4.69) is 41.3 Å². The van der Waals surface area contributed by atoms with Crippen molar-refractivity contribution in [1.82, 2.24) is 4.90 Å². The largest absolute Gasteiger partial charge is 0.516 e. The summed E-state index contributed by atoms with van der Waals surface area (Å²) in [6.45, 7) is 3.62. The van der Waals surface area contributed by atoms with Gasteiger partial charge in [-0.05, 0) is 42.6 Å². The fourth-order valence-corrected chi connectivity index (χ4v) is 6.68. The van der Waals surface area contributed by atoms with Crippen molar-refractivity contribution in [3.63, 3.8) is 0 Å². The first-order chi connectivity index (χ1) is 16.3. The Balaban J connectivity index is 1.55. The second-order valence-corrected chi connectivity index (χ2v) is 11.2. The molecule has 1 aliphatic rings. The molecule has 0 saturated carbocycles. The van der Waals surface area contributed by atoms with Gasteiger partial charge in [0.05, 0.1) is 26.0 Å². The predicted molar refractivity (Wildman–Crippen MR) is 134 cm³/mol. The molecule has 0 aromatic heterocycles. The molecular weight excluding hydrogens is 426 g/mol. The highest BCUT2D eigenvalue weighted by Crippen LogP contribution is 2.22. The molecule has 0 amide bonds. The SMILES string of the molecule is c1ccc(CO[Si](CN2CCCCCC2)(OCc2ccccc2)OCc2ccccc2)cc1. The Morgan fingerprint density at radius 2 is 0.879 bits per heavy atom. The van der Waals surface area contributed by atoms with Crippen LogP contribution in [0.1, 0.15) is 42.4 Å². The number of hydrogen-bond donors (Lipinski definition) is 0. The minimum absolute atomic E-state index is 0.491. The standard InChI is InChI=1S/C28H35NO3Si/c1-2-13-21-29(20-12-1)25-33(30-22-26-14-6-3-7-15-26,31-23-27-16-8-4-9-17-27)32-24-28-18-10-5-11-19-28/h3-11,14-19H,1-2,12-13,20-25H2. The van der Waals surface area contributed by atoms with Crippen molar-refractivity contribution in [2.75, 3.05) is 19.3 Å². The van der Waals surface area contributed by atoms with Gasteiger partial charge in [-0.15, -0.1) is 0 Å². The van der Waals surface area contributed by atoms with E-state index in [1.807, 2.05) is 54.6 Å². The molecule has 1 saturated heterocycles. The van der Waals surface area contributed by atoms with Gasteiger partial charge in [0.15, 0.2) is 0 Å². The van der Waals surface area contributed by atoms with Gasteiger partial charge < -0.3 is 13.3 Å². The van der Waals surface area contributed by atoms with Crippen molar-refractivity contribution < 1.29 is 13.3 Å². The maximum Gasteiger partial charge on any atom is 0.516 e. The number of rotatable bonds is 11. The van der Waals surface area contributed by atoms with E-state index in [4.69, 9.17) is 13.3 Å². The van der Waals surface area contributed by atoms with Crippen molar-refractivity contribution >= 4 is 8.80 Å². The molecule has 0 N–H and O–H groups in total. The summed E-state index contributed by atoms with van der Waals surface area (Å²) >= 11 is 0. The van der Waals surface area contributed by atoms with Gasteiger partial charge in [0, 0.05) is 0 Å². The van der Waals surface area contributed by atoms with Crippen LogP contribution in [0.5, 0.6) is 0 Å². The second kappa shape index (κ2) is 12.8. The molecule has 0 atom stereocenters. The molecule has 5 heteroatoms. The zero-order chi connectivity index (χ0) is 22.6. The molecular formula is C28H35NO3Si. The number of likely N-dealkylation sites (tertiary alicyclic amines) is 1. The Bertz CT molecular complexity index is 809. The number of benzene rings is 3. The zero-order valence-electron chi connectivity index (χ0n) is 19.4. The van der Waals surface area contributed by atoms with Crippen LogP contribution in [0.4, 0.5) is 0 Å². The lowest BCUT2D eigenvalue weighted by Crippen LogP contribution is -2.55. The predicted octanol–water partition coefficient (Wildman–Crippen LogP) is 5.99. The normalized spacial score (nSPS) is 15.3. The molecule has 1 fully saturated rings. The third-order valence-electron chi connectivity index (χ3n) is 6.02. The summed E-state index contributed by atoms with van der Waals surface area (Å²) in [5, 5.41) is 0. The first kappa shape index (κ1) is 23.9. The number of nitrogens with zero attached hydrogens (tertiary/aromatic N) is 1. The lowest BCUT2D eigenvalue weighted by Gasteiger charge is -2.34. The summed E-state index contributed by atoms with van der Waals surface area (Å²) in [6, 6.07) is 31.0. The van der Waals surface area contributed by atoms with Crippen molar-refractivity contribution in [3.8, 4) is 0 Å². The Kier molecular flexibility index (Phi) is 9.27. The van der Waals surface area contributed by atoms with Gasteiger partial charge >= 0.3 is 8.80 Å². The van der Waals surface area contributed by atoms with E-state index in [0.29, 0.717) is 19.8 Å². The molecule has 1 heterocycles. The molecule has 3 aromatic carbocycles. The van der Waals surface area contributed by atoms with Crippen LogP contribution in [-0.4, -0.2) is 33.0 Å². The lowest BCUT2D eigenvalue weighted by molar-refractivity contribution is 0.0306. The Morgan fingerprint density at radius 1 is 0.515 bits per heavy atom. The van der Waals surface area contributed by atoms with Crippen LogP contribution < -0.4 is 0 Å². The molecule has 0 unspecified atom stereocenters.